The SMILES string of the molecule is CC(=O)NCCCC[C@H](N)C(=O)N(C)CC1(O)CCN(c2cc(C)nc3ccncc23)CC1. The second-order valence-electron chi connectivity index (χ2n) is 9.17. The Kier molecular flexibility index (Phi) is 8.20. The smallest absolute Gasteiger partial charge is 0.239 e. The van der Waals surface area contributed by atoms with E-state index in [1.807, 2.05) is 19.2 Å². The molecule has 0 unspecified atom stereocenters. The summed E-state index contributed by atoms with van der Waals surface area (Å²) in [5.41, 5.74) is 8.09. The Labute approximate surface area is 195 Å². The molecule has 0 aliphatic carbocycles. The molecule has 0 saturated carbocycles. The number of likely N-dealkylation sites (N-methyl/N-ethyl adjacent to an activating group) is 1. The summed E-state index contributed by atoms with van der Waals surface area (Å²) < 4.78 is 0. The first-order chi connectivity index (χ1) is 15.7. The zero-order valence-corrected chi connectivity index (χ0v) is 19.9. The third kappa shape index (κ3) is 6.61. The second-order valence-corrected chi connectivity index (χ2v) is 9.17. The predicted octanol–water partition coefficient (Wildman–Crippen LogP) is 1.36. The van der Waals surface area contributed by atoms with Gasteiger partial charge in [0.25, 0.3) is 0 Å². The van der Waals surface area contributed by atoms with E-state index in [1.54, 1.807) is 18.1 Å². The van der Waals surface area contributed by atoms with E-state index in [0.29, 0.717) is 38.9 Å². The van der Waals surface area contributed by atoms with Crippen molar-refractivity contribution in [2.75, 3.05) is 38.1 Å². The van der Waals surface area contributed by atoms with Crippen molar-refractivity contribution in [1.29, 1.82) is 0 Å². The first-order valence-electron chi connectivity index (χ1n) is 11.6. The fourth-order valence-corrected chi connectivity index (χ4v) is 4.44. The molecule has 180 valence electrons. The number of amides is 2. The Morgan fingerprint density at radius 1 is 1.33 bits per heavy atom. The van der Waals surface area contributed by atoms with Gasteiger partial charge in [-0.15, -0.1) is 0 Å². The van der Waals surface area contributed by atoms with Crippen LogP contribution in [0.3, 0.4) is 0 Å². The topological polar surface area (TPSA) is 125 Å². The van der Waals surface area contributed by atoms with Gasteiger partial charge in [-0.3, -0.25) is 19.6 Å². The predicted molar refractivity (Wildman–Crippen MR) is 129 cm³/mol. The van der Waals surface area contributed by atoms with Crippen LogP contribution in [0.15, 0.2) is 24.5 Å². The number of nitrogens with two attached hydrogens (primary N) is 1. The Morgan fingerprint density at radius 3 is 2.76 bits per heavy atom. The highest BCUT2D eigenvalue weighted by atomic mass is 16.3. The third-order valence-corrected chi connectivity index (χ3v) is 6.29. The van der Waals surface area contributed by atoms with Crippen molar-refractivity contribution < 1.29 is 14.7 Å². The molecule has 2 amide bonds. The molecule has 1 fully saturated rings. The molecule has 3 rings (SSSR count). The summed E-state index contributed by atoms with van der Waals surface area (Å²) in [6.45, 7) is 5.67. The lowest BCUT2D eigenvalue weighted by molar-refractivity contribution is -0.135. The van der Waals surface area contributed by atoms with Crippen molar-refractivity contribution in [3.63, 3.8) is 0 Å². The summed E-state index contributed by atoms with van der Waals surface area (Å²) in [4.78, 5) is 36.3. The summed E-state index contributed by atoms with van der Waals surface area (Å²) in [5, 5.41) is 14.9. The Bertz CT molecular complexity index is 974. The molecule has 9 nitrogen and oxygen atoms in total. The molecule has 2 aromatic rings. The van der Waals surface area contributed by atoms with Crippen LogP contribution in [0, 0.1) is 6.92 Å². The van der Waals surface area contributed by atoms with E-state index in [9.17, 15) is 14.7 Å². The van der Waals surface area contributed by atoms with E-state index in [2.05, 4.69) is 26.3 Å². The highest BCUT2D eigenvalue weighted by Crippen LogP contribution is 2.31. The van der Waals surface area contributed by atoms with Crippen LogP contribution in [-0.2, 0) is 9.59 Å². The highest BCUT2D eigenvalue weighted by Gasteiger charge is 2.35. The minimum absolute atomic E-state index is 0.0571. The molecule has 9 heteroatoms. The minimum atomic E-state index is -0.942. The van der Waals surface area contributed by atoms with Gasteiger partial charge in [-0.1, -0.05) is 0 Å². The number of fused-ring (bicyclic) bond motifs is 1. The first kappa shape index (κ1) is 24.9. The van der Waals surface area contributed by atoms with Gasteiger partial charge in [0.15, 0.2) is 0 Å². The van der Waals surface area contributed by atoms with Gasteiger partial charge >= 0.3 is 0 Å². The fourth-order valence-electron chi connectivity index (χ4n) is 4.44. The average molecular weight is 457 g/mol. The summed E-state index contributed by atoms with van der Waals surface area (Å²) in [6.07, 6.45) is 6.78. The summed E-state index contributed by atoms with van der Waals surface area (Å²) in [7, 11) is 1.70. The summed E-state index contributed by atoms with van der Waals surface area (Å²) in [5.74, 6) is -0.217. The number of unbranched alkanes of at least 4 members (excludes halogenated alkanes) is 1. The first-order valence-corrected chi connectivity index (χ1v) is 11.6. The molecule has 3 heterocycles. The average Bonchev–Trinajstić information content (AvgIpc) is 2.77. The number of anilines is 1. The van der Waals surface area contributed by atoms with Crippen LogP contribution >= 0.6 is 0 Å². The number of carbonyl (C=O) groups excluding carboxylic acids is 2. The summed E-state index contributed by atoms with van der Waals surface area (Å²) >= 11 is 0. The number of hydrogen-bond acceptors (Lipinski definition) is 7. The number of nitrogens with zero attached hydrogens (tertiary/aromatic N) is 4. The molecule has 0 bridgehead atoms. The molecule has 4 N–H and O–H groups in total. The maximum absolute atomic E-state index is 12.7. The largest absolute Gasteiger partial charge is 0.388 e. The van der Waals surface area contributed by atoms with Crippen LogP contribution < -0.4 is 16.0 Å². The van der Waals surface area contributed by atoms with E-state index in [-0.39, 0.29) is 18.4 Å². The van der Waals surface area contributed by atoms with Crippen molar-refractivity contribution in [2.45, 2.75) is 57.6 Å². The molecular formula is C24H36N6O3. The van der Waals surface area contributed by atoms with Gasteiger partial charge in [-0.05, 0) is 51.2 Å². The molecule has 33 heavy (non-hydrogen) atoms. The molecule has 2 aromatic heterocycles. The van der Waals surface area contributed by atoms with E-state index in [0.717, 1.165) is 35.1 Å². The monoisotopic (exact) mass is 456 g/mol. The number of aliphatic hydroxyl groups is 1. The molecule has 1 atom stereocenters. The number of aryl methyl sites for hydroxylation is 1. The summed E-state index contributed by atoms with van der Waals surface area (Å²) in [6, 6.07) is 3.37. The number of piperidine rings is 1. The Balaban J connectivity index is 1.52. The zero-order chi connectivity index (χ0) is 24.0. The highest BCUT2D eigenvalue weighted by molar-refractivity contribution is 5.91. The maximum atomic E-state index is 12.7. The normalized spacial score (nSPS) is 16.5. The van der Waals surface area contributed by atoms with Crippen LogP contribution in [0.4, 0.5) is 5.69 Å². The number of aromatic nitrogens is 2. The van der Waals surface area contributed by atoms with Crippen molar-refractivity contribution in [3.8, 4) is 0 Å². The molecule has 1 saturated heterocycles. The van der Waals surface area contributed by atoms with Gasteiger partial charge < -0.3 is 26.0 Å². The molecule has 0 aromatic carbocycles. The van der Waals surface area contributed by atoms with Gasteiger partial charge in [-0.25, -0.2) is 0 Å². The quantitative estimate of drug-likeness (QED) is 0.487. The lowest BCUT2D eigenvalue weighted by Crippen LogP contribution is -2.53. The van der Waals surface area contributed by atoms with Gasteiger partial charge in [0.05, 0.1) is 17.2 Å². The standard InChI is InChI=1S/C24H36N6O3/c1-17-14-22(19-15-26-11-7-21(19)28-17)30-12-8-24(33,9-13-30)16-29(3)23(32)20(25)6-4-5-10-27-18(2)31/h7,11,14-15,20,33H,4-6,8-10,12-13,16,25H2,1-3H3,(H,27,31)/t20-/m0/s1. The van der Waals surface area contributed by atoms with Crippen molar-refractivity contribution in [3.05, 3.63) is 30.2 Å². The van der Waals surface area contributed by atoms with Crippen molar-refractivity contribution in [1.82, 2.24) is 20.2 Å². The Morgan fingerprint density at radius 2 is 2.06 bits per heavy atom. The van der Waals surface area contributed by atoms with Gasteiger partial charge in [-0.2, -0.15) is 0 Å². The molecule has 0 spiro atoms. The number of rotatable bonds is 9. The van der Waals surface area contributed by atoms with E-state index < -0.39 is 11.6 Å². The second kappa shape index (κ2) is 10.9. The zero-order valence-electron chi connectivity index (χ0n) is 19.9. The number of carbonyl (C=O) groups is 2. The molecule has 0 radical (unpaired) electrons. The van der Waals surface area contributed by atoms with Crippen molar-refractivity contribution >= 4 is 28.4 Å². The van der Waals surface area contributed by atoms with E-state index >= 15 is 0 Å². The Hall–Kier alpha value is -2.78. The number of pyridine rings is 2. The molecule has 1 aliphatic rings. The van der Waals surface area contributed by atoms with E-state index in [4.69, 9.17) is 5.73 Å². The third-order valence-electron chi connectivity index (χ3n) is 6.29. The number of nitrogens with one attached hydrogen (secondary N) is 1. The maximum Gasteiger partial charge on any atom is 0.239 e. The van der Waals surface area contributed by atoms with Crippen LogP contribution in [0.25, 0.3) is 10.9 Å². The van der Waals surface area contributed by atoms with Crippen molar-refractivity contribution in [2.24, 2.45) is 5.73 Å². The van der Waals surface area contributed by atoms with Gasteiger partial charge in [0, 0.05) is 69.3 Å². The van der Waals surface area contributed by atoms with Crippen LogP contribution in [-0.4, -0.2) is 76.7 Å². The number of hydrogen-bond donors (Lipinski definition) is 3. The van der Waals surface area contributed by atoms with Gasteiger partial charge in [0.1, 0.15) is 0 Å². The fraction of sp³-hybridized carbons (Fsp3) is 0.583. The van der Waals surface area contributed by atoms with Crippen LogP contribution in [0.2, 0.25) is 0 Å². The molecule has 1 aliphatic heterocycles. The molecular weight excluding hydrogens is 420 g/mol. The van der Waals surface area contributed by atoms with Crippen LogP contribution in [0.1, 0.15) is 44.7 Å². The van der Waals surface area contributed by atoms with Crippen LogP contribution in [0.5, 0.6) is 0 Å². The van der Waals surface area contributed by atoms with E-state index in [1.165, 1.54) is 6.92 Å². The lowest BCUT2D eigenvalue weighted by Gasteiger charge is -2.41. The lowest BCUT2D eigenvalue weighted by atomic mass is 9.90. The van der Waals surface area contributed by atoms with Gasteiger partial charge in [0.2, 0.25) is 11.8 Å². The minimum Gasteiger partial charge on any atom is -0.388 e.